The quantitative estimate of drug-likeness (QED) is 0.669. The Morgan fingerprint density at radius 3 is 2.56 bits per heavy atom. The van der Waals surface area contributed by atoms with Gasteiger partial charge in [0.05, 0.1) is 11.8 Å². The molecular formula is C12H20BrN3O2. The van der Waals surface area contributed by atoms with E-state index in [0.29, 0.717) is 6.42 Å². The Morgan fingerprint density at radius 2 is 2.11 bits per heavy atom. The number of H-pyrrole nitrogens is 1. The number of hydrogen-bond acceptors (Lipinski definition) is 4. The minimum Gasteiger partial charge on any atom is -0.462 e. The molecule has 1 N–H and O–H groups in total. The minimum atomic E-state index is -0.653. The number of aromatic amines is 1. The van der Waals surface area contributed by atoms with Crippen molar-refractivity contribution in [2.45, 2.75) is 56.9 Å². The van der Waals surface area contributed by atoms with E-state index in [4.69, 9.17) is 4.74 Å². The van der Waals surface area contributed by atoms with Gasteiger partial charge in [-0.1, -0.05) is 35.0 Å². The lowest BCUT2D eigenvalue weighted by atomic mass is 9.84. The highest BCUT2D eigenvalue weighted by Crippen LogP contribution is 2.28. The highest BCUT2D eigenvalue weighted by atomic mass is 79.9. The molecule has 1 atom stereocenters. The zero-order valence-corrected chi connectivity index (χ0v) is 13.0. The number of ether oxygens (including phenoxy) is 1. The third kappa shape index (κ3) is 4.08. The van der Waals surface area contributed by atoms with E-state index in [1.807, 2.05) is 6.92 Å². The topological polar surface area (TPSA) is 67.9 Å². The number of hydrogen-bond donors (Lipinski definition) is 1. The van der Waals surface area contributed by atoms with Gasteiger partial charge in [-0.3, -0.25) is 9.89 Å². The van der Waals surface area contributed by atoms with Gasteiger partial charge in [-0.2, -0.15) is 0 Å². The first-order valence-corrected chi connectivity index (χ1v) is 6.69. The van der Waals surface area contributed by atoms with Crippen molar-refractivity contribution in [2.24, 2.45) is 0 Å². The molecule has 0 radical (unpaired) electrons. The van der Waals surface area contributed by atoms with Crippen LogP contribution in [0, 0.1) is 0 Å². The molecule has 0 aromatic carbocycles. The largest absolute Gasteiger partial charge is 0.462 e. The van der Waals surface area contributed by atoms with Crippen molar-refractivity contribution in [1.29, 1.82) is 0 Å². The number of carbonyl (C=O) groups excluding carboxylic acids is 1. The van der Waals surface area contributed by atoms with Crippen LogP contribution >= 0.6 is 15.9 Å². The summed E-state index contributed by atoms with van der Waals surface area (Å²) in [6.45, 7) is 9.52. The van der Waals surface area contributed by atoms with Crippen LogP contribution in [0.15, 0.2) is 6.20 Å². The SMILES string of the molecule is CC(CC(C)(C)c1c[nH]nn1)OC(=O)C(C)(C)Br. The maximum Gasteiger partial charge on any atom is 0.322 e. The van der Waals surface area contributed by atoms with Crippen LogP contribution in [-0.2, 0) is 14.9 Å². The lowest BCUT2D eigenvalue weighted by Gasteiger charge is -2.27. The molecule has 102 valence electrons. The molecule has 0 bridgehead atoms. The molecule has 1 aromatic rings. The summed E-state index contributed by atoms with van der Waals surface area (Å²) in [6.07, 6.45) is 2.28. The highest BCUT2D eigenvalue weighted by molar-refractivity contribution is 9.10. The van der Waals surface area contributed by atoms with Crippen molar-refractivity contribution in [2.75, 3.05) is 0 Å². The molecule has 18 heavy (non-hydrogen) atoms. The zero-order valence-electron chi connectivity index (χ0n) is 11.5. The zero-order chi connectivity index (χ0) is 14.0. The van der Waals surface area contributed by atoms with Gasteiger partial charge in [0.2, 0.25) is 0 Å². The minimum absolute atomic E-state index is 0.180. The Balaban J connectivity index is 2.60. The number of nitrogens with zero attached hydrogens (tertiary/aromatic N) is 2. The van der Waals surface area contributed by atoms with Crippen LogP contribution in [0.1, 0.15) is 46.7 Å². The van der Waals surface area contributed by atoms with Crippen LogP contribution in [0.3, 0.4) is 0 Å². The number of alkyl halides is 1. The van der Waals surface area contributed by atoms with Crippen molar-refractivity contribution < 1.29 is 9.53 Å². The van der Waals surface area contributed by atoms with Gasteiger partial charge in [-0.15, -0.1) is 5.10 Å². The Labute approximate surface area is 116 Å². The molecule has 1 aromatic heterocycles. The van der Waals surface area contributed by atoms with Crippen LogP contribution in [0.25, 0.3) is 0 Å². The summed E-state index contributed by atoms with van der Waals surface area (Å²) < 4.78 is 4.75. The average Bonchev–Trinajstić information content (AvgIpc) is 2.67. The van der Waals surface area contributed by atoms with Crippen molar-refractivity contribution in [3.8, 4) is 0 Å². The molecule has 1 heterocycles. The Bertz CT molecular complexity index is 396. The van der Waals surface area contributed by atoms with Crippen molar-refractivity contribution in [1.82, 2.24) is 15.4 Å². The van der Waals surface area contributed by atoms with Gasteiger partial charge in [-0.25, -0.2) is 0 Å². The summed E-state index contributed by atoms with van der Waals surface area (Å²) in [6, 6.07) is 0. The number of halogens is 1. The average molecular weight is 318 g/mol. The maximum atomic E-state index is 11.7. The Morgan fingerprint density at radius 1 is 1.50 bits per heavy atom. The normalized spacial score (nSPS) is 14.3. The molecule has 1 unspecified atom stereocenters. The molecule has 6 heteroatoms. The van der Waals surface area contributed by atoms with Gasteiger partial charge in [0.15, 0.2) is 0 Å². The second kappa shape index (κ2) is 5.38. The fraction of sp³-hybridized carbons (Fsp3) is 0.750. The van der Waals surface area contributed by atoms with E-state index in [1.165, 1.54) is 0 Å². The smallest absolute Gasteiger partial charge is 0.322 e. The lowest BCUT2D eigenvalue weighted by molar-refractivity contribution is -0.150. The van der Waals surface area contributed by atoms with E-state index in [-0.39, 0.29) is 17.5 Å². The van der Waals surface area contributed by atoms with Crippen LogP contribution < -0.4 is 0 Å². The molecule has 0 aliphatic carbocycles. The van der Waals surface area contributed by atoms with Gasteiger partial charge < -0.3 is 4.74 Å². The second-order valence-electron chi connectivity index (χ2n) is 5.64. The van der Waals surface area contributed by atoms with Crippen molar-refractivity contribution >= 4 is 21.9 Å². The first-order valence-electron chi connectivity index (χ1n) is 5.90. The third-order valence-electron chi connectivity index (χ3n) is 2.70. The number of esters is 1. The number of carbonyl (C=O) groups is 1. The first kappa shape index (κ1) is 15.1. The van der Waals surface area contributed by atoms with Crippen LogP contribution in [0.2, 0.25) is 0 Å². The van der Waals surface area contributed by atoms with Gasteiger partial charge >= 0.3 is 5.97 Å². The van der Waals surface area contributed by atoms with E-state index < -0.39 is 4.32 Å². The standard InChI is InChI=1S/C12H20BrN3O2/c1-8(18-10(17)12(4,5)13)6-11(2,3)9-7-14-16-15-9/h7-8H,6H2,1-5H3,(H,14,15,16). The summed E-state index contributed by atoms with van der Waals surface area (Å²) in [5.74, 6) is -0.258. The van der Waals surface area contributed by atoms with Crippen molar-refractivity contribution in [3.05, 3.63) is 11.9 Å². The van der Waals surface area contributed by atoms with E-state index in [0.717, 1.165) is 5.69 Å². The van der Waals surface area contributed by atoms with Crippen LogP contribution in [0.4, 0.5) is 0 Å². The number of rotatable bonds is 5. The summed E-state index contributed by atoms with van der Waals surface area (Å²) in [7, 11) is 0. The summed E-state index contributed by atoms with van der Waals surface area (Å²) in [5.41, 5.74) is 0.673. The van der Waals surface area contributed by atoms with Crippen molar-refractivity contribution in [3.63, 3.8) is 0 Å². The van der Waals surface area contributed by atoms with E-state index in [2.05, 4.69) is 45.2 Å². The Kier molecular flexibility index (Phi) is 4.53. The molecule has 5 nitrogen and oxygen atoms in total. The summed E-state index contributed by atoms with van der Waals surface area (Å²) in [4.78, 5) is 11.7. The molecule has 1 rings (SSSR count). The fourth-order valence-electron chi connectivity index (χ4n) is 1.72. The molecule has 0 spiro atoms. The van der Waals surface area contributed by atoms with E-state index >= 15 is 0 Å². The predicted octanol–water partition coefficient (Wildman–Crippen LogP) is 2.58. The monoisotopic (exact) mass is 317 g/mol. The van der Waals surface area contributed by atoms with Gasteiger partial charge in [0.25, 0.3) is 0 Å². The Hall–Kier alpha value is -0.910. The molecular weight excluding hydrogens is 298 g/mol. The predicted molar refractivity (Wildman–Crippen MR) is 72.6 cm³/mol. The van der Waals surface area contributed by atoms with Gasteiger partial charge in [0, 0.05) is 11.6 Å². The lowest BCUT2D eigenvalue weighted by Crippen LogP contribution is -2.33. The van der Waals surface area contributed by atoms with Gasteiger partial charge in [0.1, 0.15) is 4.32 Å². The maximum absolute atomic E-state index is 11.7. The molecule has 0 amide bonds. The van der Waals surface area contributed by atoms with Crippen LogP contribution in [-0.4, -0.2) is 31.8 Å². The highest BCUT2D eigenvalue weighted by Gasteiger charge is 2.31. The number of nitrogens with one attached hydrogen (secondary N) is 1. The summed E-state index contributed by atoms with van der Waals surface area (Å²) >= 11 is 3.29. The summed E-state index contributed by atoms with van der Waals surface area (Å²) in [5, 5.41) is 10.4. The molecule has 0 aliphatic heterocycles. The molecule has 0 aliphatic rings. The number of aromatic nitrogens is 3. The fourth-order valence-corrected chi connectivity index (χ4v) is 1.81. The second-order valence-corrected chi connectivity index (χ2v) is 7.62. The molecule has 0 saturated carbocycles. The van der Waals surface area contributed by atoms with E-state index in [1.54, 1.807) is 20.0 Å². The van der Waals surface area contributed by atoms with E-state index in [9.17, 15) is 4.79 Å². The molecule has 0 saturated heterocycles. The first-order chi connectivity index (χ1) is 8.13. The van der Waals surface area contributed by atoms with Gasteiger partial charge in [-0.05, 0) is 27.2 Å². The van der Waals surface area contributed by atoms with Crippen LogP contribution in [0.5, 0.6) is 0 Å². The third-order valence-corrected chi connectivity index (χ3v) is 3.03. The molecule has 0 fully saturated rings.